The highest BCUT2D eigenvalue weighted by Gasteiger charge is 2.32. The molecule has 6 rings (SSSR count). The van der Waals surface area contributed by atoms with Gasteiger partial charge in [0.25, 0.3) is 10.0 Å². The lowest BCUT2D eigenvalue weighted by atomic mass is 10.1. The molecule has 4 aromatic rings. The van der Waals surface area contributed by atoms with Gasteiger partial charge in [-0.2, -0.15) is 10.4 Å². The molecular weight excluding hydrogens is 512 g/mol. The number of nitrogens with zero attached hydrogens (tertiary/aromatic N) is 4. The molecule has 1 saturated heterocycles. The predicted molar refractivity (Wildman–Crippen MR) is 149 cm³/mol. The summed E-state index contributed by atoms with van der Waals surface area (Å²) < 4.78 is 35.1. The molecule has 1 aliphatic carbocycles. The van der Waals surface area contributed by atoms with E-state index < -0.39 is 10.0 Å². The largest absolute Gasteiger partial charge is 0.474 e. The Labute approximate surface area is 227 Å². The predicted octanol–water partition coefficient (Wildman–Crippen LogP) is 4.92. The van der Waals surface area contributed by atoms with Gasteiger partial charge in [-0.05, 0) is 75.4 Å². The number of sulfonamides is 1. The standard InChI is InChI=1S/C29H30N6O3S/c1-18-3-4-21(17-30)27(15-18)39(36,37)34-22-7-5-20(6-8-22)25-16-26-28(19(2)32-33-26)29(31-25)38-24-11-13-35(14-12-24)23-9-10-23/h3-8,15-16,23-24,34H,9-14H2,1-2H3,(H,32,33). The fourth-order valence-electron chi connectivity index (χ4n) is 5.20. The van der Waals surface area contributed by atoms with Crippen molar-refractivity contribution >= 4 is 26.6 Å². The topological polar surface area (TPSA) is 124 Å². The van der Waals surface area contributed by atoms with Crippen molar-refractivity contribution in [3.63, 3.8) is 0 Å². The van der Waals surface area contributed by atoms with Crippen molar-refractivity contribution in [1.82, 2.24) is 20.1 Å². The summed E-state index contributed by atoms with van der Waals surface area (Å²) in [5.41, 5.74) is 4.43. The molecule has 3 heterocycles. The van der Waals surface area contributed by atoms with E-state index in [2.05, 4.69) is 19.8 Å². The van der Waals surface area contributed by atoms with E-state index >= 15 is 0 Å². The summed E-state index contributed by atoms with van der Waals surface area (Å²) in [6.45, 7) is 5.86. The molecule has 39 heavy (non-hydrogen) atoms. The second-order valence-electron chi connectivity index (χ2n) is 10.4. The first kappa shape index (κ1) is 25.3. The Morgan fingerprint density at radius 3 is 2.49 bits per heavy atom. The van der Waals surface area contributed by atoms with Crippen molar-refractivity contribution in [3.05, 3.63) is 65.4 Å². The summed E-state index contributed by atoms with van der Waals surface area (Å²) in [7, 11) is -3.94. The number of likely N-dealkylation sites (tertiary alicyclic amines) is 1. The third kappa shape index (κ3) is 5.20. The molecule has 0 radical (unpaired) electrons. The monoisotopic (exact) mass is 542 g/mol. The molecule has 2 aliphatic rings. The third-order valence-electron chi connectivity index (χ3n) is 7.48. The van der Waals surface area contributed by atoms with Gasteiger partial charge in [0, 0.05) is 36.1 Å². The number of nitriles is 1. The number of aromatic nitrogens is 3. The Kier molecular flexibility index (Phi) is 6.49. The molecule has 0 unspecified atom stereocenters. The zero-order valence-electron chi connectivity index (χ0n) is 21.9. The Morgan fingerprint density at radius 2 is 1.79 bits per heavy atom. The van der Waals surface area contributed by atoms with Crippen molar-refractivity contribution in [1.29, 1.82) is 5.26 Å². The zero-order valence-corrected chi connectivity index (χ0v) is 22.8. The van der Waals surface area contributed by atoms with E-state index in [-0.39, 0.29) is 16.6 Å². The number of anilines is 1. The van der Waals surface area contributed by atoms with Crippen LogP contribution >= 0.6 is 0 Å². The van der Waals surface area contributed by atoms with Crippen molar-refractivity contribution in [3.8, 4) is 23.2 Å². The van der Waals surface area contributed by atoms with Crippen molar-refractivity contribution in [2.24, 2.45) is 0 Å². The Balaban J connectivity index is 1.24. The second kappa shape index (κ2) is 9.98. The van der Waals surface area contributed by atoms with Crippen LogP contribution in [-0.2, 0) is 10.0 Å². The van der Waals surface area contributed by atoms with Gasteiger partial charge in [-0.3, -0.25) is 9.82 Å². The first-order chi connectivity index (χ1) is 18.8. The van der Waals surface area contributed by atoms with Gasteiger partial charge in [0.15, 0.2) is 0 Å². The van der Waals surface area contributed by atoms with Gasteiger partial charge in [0.2, 0.25) is 5.88 Å². The van der Waals surface area contributed by atoms with Crippen LogP contribution in [0.25, 0.3) is 22.2 Å². The lowest BCUT2D eigenvalue weighted by Gasteiger charge is -2.32. The molecule has 0 spiro atoms. The van der Waals surface area contributed by atoms with E-state index in [0.29, 0.717) is 17.3 Å². The van der Waals surface area contributed by atoms with Gasteiger partial charge in [0.1, 0.15) is 17.1 Å². The summed E-state index contributed by atoms with van der Waals surface area (Å²) in [5, 5.41) is 17.8. The molecule has 0 atom stereocenters. The molecule has 2 fully saturated rings. The molecule has 2 aromatic heterocycles. The lowest BCUT2D eigenvalue weighted by molar-refractivity contribution is 0.0944. The summed E-state index contributed by atoms with van der Waals surface area (Å²) >= 11 is 0. The second-order valence-corrected chi connectivity index (χ2v) is 12.1. The van der Waals surface area contributed by atoms with Crippen LogP contribution in [0, 0.1) is 25.2 Å². The van der Waals surface area contributed by atoms with E-state index in [0.717, 1.165) is 59.7 Å². The number of fused-ring (bicyclic) bond motifs is 1. The van der Waals surface area contributed by atoms with E-state index in [4.69, 9.17) is 9.72 Å². The maximum Gasteiger partial charge on any atom is 0.263 e. The molecule has 1 saturated carbocycles. The highest BCUT2D eigenvalue weighted by Crippen LogP contribution is 2.34. The van der Waals surface area contributed by atoms with E-state index in [1.807, 2.05) is 31.2 Å². The number of rotatable bonds is 7. The van der Waals surface area contributed by atoms with Gasteiger partial charge >= 0.3 is 0 Å². The molecule has 2 N–H and O–H groups in total. The third-order valence-corrected chi connectivity index (χ3v) is 8.90. The smallest absolute Gasteiger partial charge is 0.263 e. The number of H-pyrrole nitrogens is 1. The zero-order chi connectivity index (χ0) is 27.1. The van der Waals surface area contributed by atoms with Crippen LogP contribution in [0.3, 0.4) is 0 Å². The van der Waals surface area contributed by atoms with Gasteiger partial charge < -0.3 is 9.64 Å². The quantitative estimate of drug-likeness (QED) is 0.340. The number of hydrogen-bond acceptors (Lipinski definition) is 7. The van der Waals surface area contributed by atoms with Gasteiger partial charge in [-0.15, -0.1) is 0 Å². The van der Waals surface area contributed by atoms with Gasteiger partial charge in [-0.1, -0.05) is 18.2 Å². The highest BCUT2D eigenvalue weighted by molar-refractivity contribution is 7.92. The molecule has 0 amide bonds. The first-order valence-electron chi connectivity index (χ1n) is 13.2. The van der Waals surface area contributed by atoms with E-state index in [9.17, 15) is 13.7 Å². The summed E-state index contributed by atoms with van der Waals surface area (Å²) in [4.78, 5) is 7.40. The van der Waals surface area contributed by atoms with E-state index in [1.54, 1.807) is 25.1 Å². The minimum Gasteiger partial charge on any atom is -0.474 e. The van der Waals surface area contributed by atoms with Crippen LogP contribution in [0.1, 0.15) is 42.5 Å². The first-order valence-corrected chi connectivity index (χ1v) is 14.7. The van der Waals surface area contributed by atoms with Crippen LogP contribution in [0.15, 0.2) is 53.4 Å². The van der Waals surface area contributed by atoms with Gasteiger partial charge in [0.05, 0.1) is 22.2 Å². The minimum absolute atomic E-state index is 0.0418. The summed E-state index contributed by atoms with van der Waals surface area (Å²) in [6, 6.07) is 16.4. The number of nitrogens with one attached hydrogen (secondary N) is 2. The van der Waals surface area contributed by atoms with Gasteiger partial charge in [-0.25, -0.2) is 13.4 Å². The summed E-state index contributed by atoms with van der Waals surface area (Å²) in [5.74, 6) is 0.576. The molecule has 200 valence electrons. The normalized spacial score (nSPS) is 16.7. The average Bonchev–Trinajstić information content (AvgIpc) is 3.71. The number of benzene rings is 2. The fraction of sp³-hybridized carbons (Fsp3) is 0.345. The highest BCUT2D eigenvalue weighted by atomic mass is 32.2. The van der Waals surface area contributed by atoms with E-state index in [1.165, 1.54) is 25.0 Å². The van der Waals surface area contributed by atoms with Crippen LogP contribution in [0.2, 0.25) is 0 Å². The molecular formula is C29H30N6O3S. The number of ether oxygens (including phenoxy) is 1. The molecule has 0 bridgehead atoms. The number of piperidine rings is 1. The fourth-order valence-corrected chi connectivity index (χ4v) is 6.50. The number of aromatic amines is 1. The SMILES string of the molecule is Cc1ccc(C#N)c(S(=O)(=O)Nc2ccc(-c3cc4n[nH]c(C)c4c(OC4CCN(C5CC5)CC4)n3)cc2)c1. The van der Waals surface area contributed by atoms with Crippen molar-refractivity contribution in [2.75, 3.05) is 17.8 Å². The number of hydrogen-bond donors (Lipinski definition) is 2. The minimum atomic E-state index is -3.94. The van der Waals surface area contributed by atoms with Crippen molar-refractivity contribution < 1.29 is 13.2 Å². The Bertz CT molecular complexity index is 1680. The van der Waals surface area contributed by atoms with Crippen LogP contribution in [0.4, 0.5) is 5.69 Å². The molecule has 10 heteroatoms. The summed E-state index contributed by atoms with van der Waals surface area (Å²) in [6.07, 6.45) is 4.69. The Morgan fingerprint density at radius 1 is 1.05 bits per heavy atom. The number of pyridine rings is 1. The molecule has 1 aliphatic heterocycles. The molecule has 2 aromatic carbocycles. The number of aryl methyl sites for hydroxylation is 2. The molecule has 9 nitrogen and oxygen atoms in total. The van der Waals surface area contributed by atoms with Crippen LogP contribution in [0.5, 0.6) is 5.88 Å². The lowest BCUT2D eigenvalue weighted by Crippen LogP contribution is -2.39. The average molecular weight is 543 g/mol. The van der Waals surface area contributed by atoms with Crippen LogP contribution in [-0.4, -0.2) is 53.7 Å². The Hall–Kier alpha value is -3.94. The maximum atomic E-state index is 13.0. The maximum absolute atomic E-state index is 13.0. The van der Waals surface area contributed by atoms with Crippen LogP contribution < -0.4 is 9.46 Å². The van der Waals surface area contributed by atoms with Crippen molar-refractivity contribution in [2.45, 2.75) is 56.6 Å².